The lowest BCUT2D eigenvalue weighted by atomic mass is 9.90. The summed E-state index contributed by atoms with van der Waals surface area (Å²) < 4.78 is 59.0. The van der Waals surface area contributed by atoms with E-state index in [1.165, 1.54) is 43.0 Å². The van der Waals surface area contributed by atoms with Gasteiger partial charge in [-0.05, 0) is 107 Å². The number of aromatic hydroxyl groups is 1. The van der Waals surface area contributed by atoms with Gasteiger partial charge in [0.25, 0.3) is 5.91 Å². The molecule has 23 nitrogen and oxygen atoms in total. The number of carbonyl (C=O) groups is 3. The second-order valence-corrected chi connectivity index (χ2v) is 22.5. The van der Waals surface area contributed by atoms with Crippen LogP contribution in [0.1, 0.15) is 82.5 Å². The molecule has 79 heavy (non-hydrogen) atoms. The number of carbonyl (C=O) groups excluding carboxylic acids is 2. The van der Waals surface area contributed by atoms with E-state index in [1.807, 2.05) is 6.07 Å². The summed E-state index contributed by atoms with van der Waals surface area (Å²) >= 11 is 5.57. The number of nitrogens with two attached hydrogens (primary N) is 1. The number of rotatable bonds is 20. The molecule has 0 saturated carbocycles. The van der Waals surface area contributed by atoms with Crippen LogP contribution < -0.4 is 32.2 Å². The fourth-order valence-corrected chi connectivity index (χ4v) is 10.9. The van der Waals surface area contributed by atoms with Gasteiger partial charge in [0.15, 0.2) is 34.0 Å². The Morgan fingerprint density at radius 2 is 1.68 bits per heavy atom. The van der Waals surface area contributed by atoms with Gasteiger partial charge in [-0.2, -0.15) is 0 Å². The fraction of sp³-hybridized carbons (Fsp3) is 0.370. The molecule has 2 aromatic heterocycles. The van der Waals surface area contributed by atoms with Gasteiger partial charge in [-0.15, -0.1) is 0 Å². The largest absolute Gasteiger partial charge is 0.508 e. The van der Waals surface area contributed by atoms with Crippen LogP contribution in [0.3, 0.4) is 0 Å². The smallest absolute Gasteiger partial charge is 0.435 e. The maximum Gasteiger partial charge on any atom is 0.435 e. The Labute approximate surface area is 458 Å². The van der Waals surface area contributed by atoms with E-state index in [0.717, 1.165) is 0 Å². The Kier molecular flexibility index (Phi) is 16.6. The molecule has 0 bridgehead atoms. The maximum atomic E-state index is 14.8. The number of aromatic nitrogens is 4. The van der Waals surface area contributed by atoms with Crippen molar-refractivity contribution in [3.63, 3.8) is 0 Å². The molecule has 6 atom stereocenters. The Bertz CT molecular complexity index is 3480. The van der Waals surface area contributed by atoms with E-state index < -0.39 is 74.3 Å². The number of imidazole rings is 1. The van der Waals surface area contributed by atoms with Gasteiger partial charge in [0.1, 0.15) is 58.9 Å². The molecule has 3 aliphatic heterocycles. The van der Waals surface area contributed by atoms with Crippen molar-refractivity contribution in [2.75, 3.05) is 30.8 Å². The minimum atomic E-state index is -4.55. The van der Waals surface area contributed by atoms with Crippen molar-refractivity contribution in [2.24, 2.45) is 0 Å². The van der Waals surface area contributed by atoms with E-state index in [9.17, 15) is 34.0 Å². The average molecular weight is 1120 g/mol. The van der Waals surface area contributed by atoms with Gasteiger partial charge in [-0.1, -0.05) is 49.2 Å². The molecule has 2 saturated heterocycles. The van der Waals surface area contributed by atoms with Gasteiger partial charge >= 0.3 is 19.8 Å². The number of aromatic carboxylic acids is 1. The third-order valence-electron chi connectivity index (χ3n) is 12.8. The number of carboxylic acids is 1. The summed E-state index contributed by atoms with van der Waals surface area (Å²) in [6.45, 7) is 8.52. The number of thiocarbonyl (C=S) groups is 1. The first-order valence-electron chi connectivity index (χ1n) is 25.4. The van der Waals surface area contributed by atoms with E-state index >= 15 is 0 Å². The number of ether oxygens (including phenoxy) is 4. The Morgan fingerprint density at radius 1 is 0.924 bits per heavy atom. The lowest BCUT2D eigenvalue weighted by Crippen LogP contribution is -2.49. The van der Waals surface area contributed by atoms with Crippen molar-refractivity contribution >= 4 is 76.7 Å². The molecule has 1 unspecified atom stereocenters. The van der Waals surface area contributed by atoms with Crippen LogP contribution in [0.5, 0.6) is 5.75 Å². The van der Waals surface area contributed by atoms with Crippen LogP contribution in [0.15, 0.2) is 107 Å². The topological polar surface area (TPSA) is 312 Å². The number of nitrogens with zero attached hydrogens (tertiary/aromatic N) is 4. The van der Waals surface area contributed by atoms with Crippen LogP contribution in [0.25, 0.3) is 44.6 Å². The molecule has 416 valence electrons. The van der Waals surface area contributed by atoms with Gasteiger partial charge in [0, 0.05) is 47.3 Å². The zero-order valence-electron chi connectivity index (χ0n) is 43.8. The van der Waals surface area contributed by atoms with Crippen LogP contribution in [0.2, 0.25) is 0 Å². The number of fused-ring (bicyclic) bond motifs is 4. The number of carboxylic acid groups (broad SMARTS) is 1. The molecule has 25 heteroatoms. The number of hydrogen-bond donors (Lipinski definition) is 7. The SMILES string of the molecule is CC(C)(C)OC(=O)N[C@@H](Cc1ccccc1)C(=O)NP(=O)(OCCCCCCNC(=S)Nc1ccc(-c2c3ccc(=O)cc-3oc3cc(O)ccc23)c(C(=O)O)c1)OC[C@H]1O[C@@H](n2cnc3c(N)ncnc32)[C@@H]2OC(C)(C)O[C@@H]21. The molecule has 3 aromatic carbocycles. The van der Waals surface area contributed by atoms with Crippen molar-refractivity contribution < 1.29 is 61.6 Å². The fourth-order valence-electron chi connectivity index (χ4n) is 9.38. The minimum Gasteiger partial charge on any atom is -0.508 e. The third-order valence-corrected chi connectivity index (χ3v) is 14.6. The lowest BCUT2D eigenvalue weighted by Gasteiger charge is -2.27. The highest BCUT2D eigenvalue weighted by Crippen LogP contribution is 2.49. The number of amides is 2. The van der Waals surface area contributed by atoms with Crippen molar-refractivity contribution in [1.29, 1.82) is 0 Å². The molecular formula is C54H60N9O14PS. The van der Waals surface area contributed by atoms with Gasteiger partial charge < -0.3 is 55.3 Å². The van der Waals surface area contributed by atoms with Crippen molar-refractivity contribution in [2.45, 2.75) is 109 Å². The van der Waals surface area contributed by atoms with Crippen LogP contribution in [-0.4, -0.2) is 108 Å². The van der Waals surface area contributed by atoms with E-state index in [4.69, 9.17) is 50.4 Å². The number of unbranched alkanes of at least 4 members (excludes halogenated alkanes) is 3. The highest BCUT2D eigenvalue weighted by Gasteiger charge is 2.57. The van der Waals surface area contributed by atoms with Gasteiger partial charge in [-0.3, -0.25) is 28.3 Å². The van der Waals surface area contributed by atoms with Gasteiger partial charge in [0.2, 0.25) is 0 Å². The van der Waals surface area contributed by atoms with E-state index in [2.05, 4.69) is 36.0 Å². The molecule has 2 amide bonds. The Hall–Kier alpha value is -7.57. The Balaban J connectivity index is 0.832. The molecule has 5 heterocycles. The second-order valence-electron chi connectivity index (χ2n) is 20.4. The van der Waals surface area contributed by atoms with Crippen molar-refractivity contribution in [3.8, 4) is 28.2 Å². The number of phenols is 1. The lowest BCUT2D eigenvalue weighted by molar-refractivity contribution is -0.199. The van der Waals surface area contributed by atoms with Crippen LogP contribution in [0.4, 0.5) is 16.3 Å². The number of benzene rings is 4. The second kappa shape index (κ2) is 23.4. The predicted molar refractivity (Wildman–Crippen MR) is 294 cm³/mol. The summed E-state index contributed by atoms with van der Waals surface area (Å²) in [5.74, 6) is -2.76. The number of hydrogen-bond acceptors (Lipinski definition) is 18. The van der Waals surface area contributed by atoms with Crippen LogP contribution in [0, 0.1) is 0 Å². The molecule has 9 rings (SSSR count). The number of nitrogens with one attached hydrogen (secondary N) is 4. The van der Waals surface area contributed by atoms with Gasteiger partial charge in [-0.25, -0.2) is 29.1 Å². The monoisotopic (exact) mass is 1120 g/mol. The molecule has 0 spiro atoms. The first-order valence-corrected chi connectivity index (χ1v) is 27.4. The molecular weight excluding hydrogens is 1060 g/mol. The number of alkyl carbamates (subject to hydrolysis) is 1. The molecule has 1 aliphatic carbocycles. The van der Waals surface area contributed by atoms with Crippen molar-refractivity contribution in [1.82, 2.24) is 35.2 Å². The molecule has 2 fully saturated rings. The third kappa shape index (κ3) is 13.5. The van der Waals surface area contributed by atoms with Crippen LogP contribution >= 0.6 is 20.0 Å². The van der Waals surface area contributed by atoms with Crippen LogP contribution in [-0.2, 0) is 43.8 Å². The Morgan fingerprint density at radius 3 is 2.46 bits per heavy atom. The number of nitrogen functional groups attached to an aromatic ring is 1. The molecule has 4 aliphatic rings. The maximum absolute atomic E-state index is 14.8. The number of anilines is 2. The summed E-state index contributed by atoms with van der Waals surface area (Å²) in [4.78, 5) is 65.0. The summed E-state index contributed by atoms with van der Waals surface area (Å²) in [6.07, 6.45) is 1.09. The summed E-state index contributed by atoms with van der Waals surface area (Å²) in [5, 5.41) is 32.6. The summed E-state index contributed by atoms with van der Waals surface area (Å²) in [6, 6.07) is 21.3. The number of phenolic OH excluding ortho intramolecular Hbond substituents is 1. The predicted octanol–water partition coefficient (Wildman–Crippen LogP) is 8.05. The normalized spacial score (nSPS) is 18.9. The first kappa shape index (κ1) is 56.2. The first-order chi connectivity index (χ1) is 37.6. The summed E-state index contributed by atoms with van der Waals surface area (Å²) in [5.41, 5.74) is 8.38. The zero-order chi connectivity index (χ0) is 56.2. The van der Waals surface area contributed by atoms with E-state index in [0.29, 0.717) is 76.7 Å². The molecule has 8 N–H and O–H groups in total. The minimum absolute atomic E-state index is 0.0125. The quantitative estimate of drug-likeness (QED) is 0.0164. The molecule has 5 aromatic rings. The highest BCUT2D eigenvalue weighted by molar-refractivity contribution is 7.80. The van der Waals surface area contributed by atoms with E-state index in [1.54, 1.807) is 87.7 Å². The van der Waals surface area contributed by atoms with Crippen molar-refractivity contribution in [3.05, 3.63) is 119 Å². The standard InChI is InChI=1S/C54H60N9O14PS/c1-53(2,3)77-52(69)61-38(23-30-13-9-8-10-14-30)48(66)62-78(70,72-27-41-44-45(76-54(4,5)75-44)49(74-41)63-29-59-43-46(55)57-28-58-47(43)63)71-22-12-7-6-11-21-56-51(79)60-31-15-18-34(37(24-31)50(67)68)42-35-19-16-32(64)25-39(35)73-40-26-33(65)17-20-36(40)42/h8-10,13-20,24-26,28-29,38,41,44-45,49,64H,6-7,11-12,21-23,27H2,1-5H3,(H,61,69)(H,67,68)(H2,55,57,58)(H2,56,60,79)(H,62,66,70)/t38-,41+,44+,45+,49+,78?/m0/s1. The van der Waals surface area contributed by atoms with E-state index in [-0.39, 0.29) is 52.0 Å². The highest BCUT2D eigenvalue weighted by atomic mass is 32.1. The van der Waals surface area contributed by atoms with Gasteiger partial charge in [0.05, 0.1) is 25.1 Å². The zero-order valence-corrected chi connectivity index (χ0v) is 45.5. The molecule has 0 radical (unpaired) electrons. The average Bonchev–Trinajstić information content (AvgIpc) is 4.25. The summed E-state index contributed by atoms with van der Waals surface area (Å²) in [7, 11) is -4.55.